The fraction of sp³-hybridized carbons (Fsp3) is 0. The van der Waals surface area contributed by atoms with Gasteiger partial charge in [0, 0.05) is 16.9 Å². The summed E-state index contributed by atoms with van der Waals surface area (Å²) in [6.07, 6.45) is 0. The molecule has 1 nitrogen and oxygen atoms in total. The van der Waals surface area contributed by atoms with Crippen LogP contribution in [0.5, 0.6) is 0 Å². The molecule has 0 amide bonds. The second kappa shape index (κ2) is 10.2. The molecule has 0 aromatic heterocycles. The molecule has 6 bridgehead atoms. The Morgan fingerprint density at radius 2 is 0.830 bits per heavy atom. The van der Waals surface area contributed by atoms with E-state index in [9.17, 15) is 0 Å². The Hall–Kier alpha value is -6.18. The van der Waals surface area contributed by atoms with Crippen LogP contribution in [0.1, 0.15) is 0 Å². The van der Waals surface area contributed by atoms with Crippen LogP contribution >= 0.6 is 0 Å². The molecular formula is C46H29N. The minimum atomic E-state index is 1.13. The van der Waals surface area contributed by atoms with E-state index in [-0.39, 0.29) is 0 Å². The predicted octanol–water partition coefficient (Wildman–Crippen LogP) is 12.9. The van der Waals surface area contributed by atoms with E-state index in [1.165, 1.54) is 77.5 Å². The SMILES string of the molecule is c1ccc(N(c2ccc3c(c2)-c2cccc4c2-c2ccccc2-c2cccc-4c2-3)c2ccccc2-c2ccc3ccccc3c2)cc1. The van der Waals surface area contributed by atoms with Crippen LogP contribution < -0.4 is 4.90 Å². The number of rotatable bonds is 4. The lowest BCUT2D eigenvalue weighted by molar-refractivity contribution is 1.28. The highest BCUT2D eigenvalue weighted by molar-refractivity contribution is 6.15. The summed E-state index contributed by atoms with van der Waals surface area (Å²) in [5.41, 5.74) is 18.8. The molecule has 2 aliphatic rings. The number of nitrogens with zero attached hydrogens (tertiary/aromatic N) is 1. The maximum Gasteiger partial charge on any atom is 0.0540 e. The molecule has 0 saturated carbocycles. The van der Waals surface area contributed by atoms with Gasteiger partial charge in [-0.2, -0.15) is 0 Å². The first-order valence-corrected chi connectivity index (χ1v) is 16.3. The van der Waals surface area contributed by atoms with E-state index in [1.807, 2.05) is 0 Å². The van der Waals surface area contributed by atoms with Crippen molar-refractivity contribution in [2.45, 2.75) is 0 Å². The molecule has 0 aliphatic heterocycles. The molecule has 0 heterocycles. The molecule has 0 unspecified atom stereocenters. The number of para-hydroxylation sites is 2. The molecule has 0 spiro atoms. The van der Waals surface area contributed by atoms with Crippen LogP contribution in [0.2, 0.25) is 0 Å². The predicted molar refractivity (Wildman–Crippen MR) is 198 cm³/mol. The Morgan fingerprint density at radius 3 is 1.60 bits per heavy atom. The Labute approximate surface area is 274 Å². The van der Waals surface area contributed by atoms with Crippen LogP contribution in [0.25, 0.3) is 77.5 Å². The lowest BCUT2D eigenvalue weighted by Gasteiger charge is -2.29. The fourth-order valence-corrected chi connectivity index (χ4v) is 7.90. The zero-order chi connectivity index (χ0) is 30.9. The number of fused-ring (bicyclic) bond motifs is 5. The van der Waals surface area contributed by atoms with Crippen molar-refractivity contribution in [3.05, 3.63) is 176 Å². The highest BCUT2D eigenvalue weighted by Crippen LogP contribution is 2.57. The van der Waals surface area contributed by atoms with E-state index < -0.39 is 0 Å². The largest absolute Gasteiger partial charge is 0.310 e. The van der Waals surface area contributed by atoms with E-state index in [1.54, 1.807) is 0 Å². The van der Waals surface area contributed by atoms with E-state index in [4.69, 9.17) is 0 Å². The molecule has 0 atom stereocenters. The van der Waals surface area contributed by atoms with Crippen molar-refractivity contribution in [1.82, 2.24) is 0 Å². The molecular weight excluding hydrogens is 567 g/mol. The minimum Gasteiger partial charge on any atom is -0.310 e. The molecule has 0 N–H and O–H groups in total. The summed E-state index contributed by atoms with van der Waals surface area (Å²) in [6.45, 7) is 0. The third-order valence-corrected chi connectivity index (χ3v) is 9.95. The fourth-order valence-electron chi connectivity index (χ4n) is 7.90. The summed E-state index contributed by atoms with van der Waals surface area (Å²) in [4.78, 5) is 2.42. The summed E-state index contributed by atoms with van der Waals surface area (Å²) < 4.78 is 0. The summed E-state index contributed by atoms with van der Waals surface area (Å²) in [6, 6.07) is 64.6. The van der Waals surface area contributed by atoms with Crippen molar-refractivity contribution < 1.29 is 0 Å². The molecule has 47 heavy (non-hydrogen) atoms. The van der Waals surface area contributed by atoms with Gasteiger partial charge < -0.3 is 4.90 Å². The first-order valence-electron chi connectivity index (χ1n) is 16.3. The highest BCUT2D eigenvalue weighted by Gasteiger charge is 2.31. The Morgan fingerprint density at radius 1 is 0.277 bits per heavy atom. The monoisotopic (exact) mass is 595 g/mol. The zero-order valence-electron chi connectivity index (χ0n) is 25.7. The molecule has 0 saturated heterocycles. The maximum atomic E-state index is 2.42. The van der Waals surface area contributed by atoms with Gasteiger partial charge in [0.2, 0.25) is 0 Å². The first-order chi connectivity index (χ1) is 23.3. The van der Waals surface area contributed by atoms with E-state index in [0.717, 1.165) is 17.1 Å². The molecule has 2 aliphatic carbocycles. The number of anilines is 3. The lowest BCUT2D eigenvalue weighted by Crippen LogP contribution is -2.11. The van der Waals surface area contributed by atoms with Crippen LogP contribution in [0.3, 0.4) is 0 Å². The second-order valence-corrected chi connectivity index (χ2v) is 12.5. The Bertz CT molecular complexity index is 2490. The van der Waals surface area contributed by atoms with Crippen molar-refractivity contribution in [3.63, 3.8) is 0 Å². The summed E-state index contributed by atoms with van der Waals surface area (Å²) in [7, 11) is 0. The van der Waals surface area contributed by atoms with Crippen molar-refractivity contribution in [1.29, 1.82) is 0 Å². The standard InChI is InChI=1S/C46H29N/c1-2-14-33(15-3-1)47(44-23-9-8-16-35(44)32-25-24-30-12-4-5-13-31(30)28-32)34-26-27-42-43(29-34)41-22-11-21-39-40-20-10-19-38(46(40)42)36-17-6-7-18-37(36)45(39)41/h1-29H. The molecule has 1 heteroatoms. The van der Waals surface area contributed by atoms with Gasteiger partial charge in [0.05, 0.1) is 5.69 Å². The average Bonchev–Trinajstić information content (AvgIpc) is 3.25. The van der Waals surface area contributed by atoms with Crippen LogP contribution in [-0.2, 0) is 0 Å². The smallest absolute Gasteiger partial charge is 0.0540 e. The van der Waals surface area contributed by atoms with Gasteiger partial charge >= 0.3 is 0 Å². The highest BCUT2D eigenvalue weighted by atomic mass is 15.1. The lowest BCUT2D eigenvalue weighted by atomic mass is 9.83. The number of hydrogen-bond acceptors (Lipinski definition) is 1. The normalized spacial score (nSPS) is 11.8. The van der Waals surface area contributed by atoms with E-state index in [0.29, 0.717) is 0 Å². The number of benzene rings is 8. The second-order valence-electron chi connectivity index (χ2n) is 12.5. The van der Waals surface area contributed by atoms with Crippen molar-refractivity contribution in [3.8, 4) is 66.8 Å². The van der Waals surface area contributed by atoms with Gasteiger partial charge in [-0.1, -0.05) is 140 Å². The van der Waals surface area contributed by atoms with E-state index in [2.05, 4.69) is 181 Å². The van der Waals surface area contributed by atoms with Gasteiger partial charge in [0.25, 0.3) is 0 Å². The average molecular weight is 596 g/mol. The van der Waals surface area contributed by atoms with Crippen LogP contribution in [0.15, 0.2) is 176 Å². The van der Waals surface area contributed by atoms with Gasteiger partial charge in [-0.3, -0.25) is 0 Å². The van der Waals surface area contributed by atoms with Gasteiger partial charge in [-0.15, -0.1) is 0 Å². The van der Waals surface area contributed by atoms with Crippen LogP contribution in [-0.4, -0.2) is 0 Å². The van der Waals surface area contributed by atoms with Gasteiger partial charge in [0.15, 0.2) is 0 Å². The first kappa shape index (κ1) is 26.1. The van der Waals surface area contributed by atoms with Gasteiger partial charge in [-0.25, -0.2) is 0 Å². The number of hydrogen-bond donors (Lipinski definition) is 0. The summed E-state index contributed by atoms with van der Waals surface area (Å²) in [5.74, 6) is 0. The molecule has 0 radical (unpaired) electrons. The molecule has 0 fully saturated rings. The van der Waals surface area contributed by atoms with Gasteiger partial charge in [0.1, 0.15) is 0 Å². The van der Waals surface area contributed by atoms with Gasteiger partial charge in [-0.05, 0) is 108 Å². The van der Waals surface area contributed by atoms with Crippen molar-refractivity contribution in [2.75, 3.05) is 4.90 Å². The Balaban J connectivity index is 1.24. The minimum absolute atomic E-state index is 1.13. The molecule has 218 valence electrons. The third kappa shape index (κ3) is 3.90. The summed E-state index contributed by atoms with van der Waals surface area (Å²) in [5, 5.41) is 2.49. The maximum absolute atomic E-state index is 2.42. The molecule has 10 rings (SSSR count). The van der Waals surface area contributed by atoms with Crippen molar-refractivity contribution >= 4 is 27.8 Å². The van der Waals surface area contributed by atoms with Crippen LogP contribution in [0, 0.1) is 0 Å². The summed E-state index contributed by atoms with van der Waals surface area (Å²) >= 11 is 0. The topological polar surface area (TPSA) is 3.24 Å². The Kier molecular flexibility index (Phi) is 5.64. The zero-order valence-corrected chi connectivity index (χ0v) is 25.7. The third-order valence-electron chi connectivity index (χ3n) is 9.95. The van der Waals surface area contributed by atoms with Crippen molar-refractivity contribution in [2.24, 2.45) is 0 Å². The van der Waals surface area contributed by atoms with Crippen LogP contribution in [0.4, 0.5) is 17.1 Å². The molecule has 8 aromatic rings. The van der Waals surface area contributed by atoms with E-state index >= 15 is 0 Å². The quantitative estimate of drug-likeness (QED) is 0.196. The molecule has 8 aromatic carbocycles.